The van der Waals surface area contributed by atoms with Gasteiger partial charge in [-0.1, -0.05) is 18.2 Å². The van der Waals surface area contributed by atoms with Crippen molar-refractivity contribution in [2.45, 2.75) is 19.1 Å². The first kappa shape index (κ1) is 16.6. The number of carbonyl (C=O) groups is 1. The molecule has 0 radical (unpaired) electrons. The van der Waals surface area contributed by atoms with Crippen LogP contribution in [0.1, 0.15) is 17.3 Å². The average Bonchev–Trinajstić information content (AvgIpc) is 3.04. The van der Waals surface area contributed by atoms with E-state index in [0.717, 1.165) is 5.69 Å². The lowest BCUT2D eigenvalue weighted by atomic mass is 10.1. The van der Waals surface area contributed by atoms with Crippen molar-refractivity contribution in [2.75, 3.05) is 26.8 Å². The summed E-state index contributed by atoms with van der Waals surface area (Å²) < 4.78 is 20.8. The smallest absolute Gasteiger partial charge is 0.246 e. The van der Waals surface area contributed by atoms with Gasteiger partial charge < -0.3 is 14.6 Å². The lowest BCUT2D eigenvalue weighted by Gasteiger charge is -2.34. The molecule has 0 fully saturated rings. The minimum atomic E-state index is -0.193. The van der Waals surface area contributed by atoms with Crippen molar-refractivity contribution in [1.29, 1.82) is 0 Å². The van der Waals surface area contributed by atoms with Gasteiger partial charge in [-0.3, -0.25) is 9.69 Å². The van der Waals surface area contributed by atoms with Gasteiger partial charge in [0.1, 0.15) is 12.4 Å². The standard InChI is InChI=1S/C17H21FN4O2/c1-24-11-17(23)20-7-15-10-21(9-14-6-19-12-22(14)15)8-13-4-2-3-5-16(13)18/h2-6,12,15H,7-11H2,1H3,(H,20,23)/t15-/m1/s1. The molecule has 2 aromatic rings. The zero-order valence-electron chi connectivity index (χ0n) is 13.6. The summed E-state index contributed by atoms with van der Waals surface area (Å²) in [6, 6.07) is 6.87. The number of methoxy groups -OCH3 is 1. The van der Waals surface area contributed by atoms with Crippen LogP contribution in [0.4, 0.5) is 4.39 Å². The van der Waals surface area contributed by atoms with E-state index in [-0.39, 0.29) is 24.4 Å². The molecule has 1 amide bonds. The van der Waals surface area contributed by atoms with E-state index >= 15 is 0 Å². The van der Waals surface area contributed by atoms with E-state index in [9.17, 15) is 9.18 Å². The Hall–Kier alpha value is -2.25. The van der Waals surface area contributed by atoms with E-state index in [4.69, 9.17) is 4.74 Å². The third kappa shape index (κ3) is 3.80. The van der Waals surface area contributed by atoms with E-state index < -0.39 is 0 Å². The van der Waals surface area contributed by atoms with Gasteiger partial charge in [0.15, 0.2) is 0 Å². The number of halogens is 1. The lowest BCUT2D eigenvalue weighted by molar-refractivity contribution is -0.124. The maximum absolute atomic E-state index is 13.9. The molecule has 128 valence electrons. The first-order valence-corrected chi connectivity index (χ1v) is 7.89. The van der Waals surface area contributed by atoms with Crippen molar-refractivity contribution in [3.05, 3.63) is 53.9 Å². The molecule has 6 nitrogen and oxygen atoms in total. The Balaban J connectivity index is 1.69. The average molecular weight is 332 g/mol. The van der Waals surface area contributed by atoms with Crippen LogP contribution in [0.15, 0.2) is 36.8 Å². The number of rotatable bonds is 6. The highest BCUT2D eigenvalue weighted by Gasteiger charge is 2.25. The summed E-state index contributed by atoms with van der Waals surface area (Å²) in [5, 5.41) is 2.87. The number of hydrogen-bond donors (Lipinski definition) is 1. The van der Waals surface area contributed by atoms with Crippen molar-refractivity contribution in [3.63, 3.8) is 0 Å². The zero-order chi connectivity index (χ0) is 16.9. The summed E-state index contributed by atoms with van der Waals surface area (Å²) in [6.07, 6.45) is 3.60. The van der Waals surface area contributed by atoms with Crippen LogP contribution in [0.3, 0.4) is 0 Å². The van der Waals surface area contributed by atoms with Gasteiger partial charge in [-0.2, -0.15) is 0 Å². The van der Waals surface area contributed by atoms with E-state index in [0.29, 0.717) is 31.7 Å². The predicted octanol–water partition coefficient (Wildman–Crippen LogP) is 1.34. The van der Waals surface area contributed by atoms with E-state index in [1.54, 1.807) is 18.5 Å². The minimum Gasteiger partial charge on any atom is -0.375 e. The highest BCUT2D eigenvalue weighted by molar-refractivity contribution is 5.77. The summed E-state index contributed by atoms with van der Waals surface area (Å²) in [4.78, 5) is 18.0. The number of hydrogen-bond acceptors (Lipinski definition) is 4. The molecule has 7 heteroatoms. The number of nitrogens with one attached hydrogen (secondary N) is 1. The maximum atomic E-state index is 13.9. The van der Waals surface area contributed by atoms with E-state index in [2.05, 4.69) is 19.8 Å². The molecule has 1 aromatic heterocycles. The van der Waals surface area contributed by atoms with Crippen molar-refractivity contribution >= 4 is 5.91 Å². The van der Waals surface area contributed by atoms with Gasteiger partial charge >= 0.3 is 0 Å². The Morgan fingerprint density at radius 3 is 3.08 bits per heavy atom. The third-order valence-corrected chi connectivity index (χ3v) is 4.16. The van der Waals surface area contributed by atoms with Crippen LogP contribution in [-0.2, 0) is 22.6 Å². The fourth-order valence-electron chi connectivity index (χ4n) is 3.03. The van der Waals surface area contributed by atoms with Crippen LogP contribution >= 0.6 is 0 Å². The number of nitrogens with zero attached hydrogens (tertiary/aromatic N) is 3. The second-order valence-corrected chi connectivity index (χ2v) is 5.94. The quantitative estimate of drug-likeness (QED) is 0.867. The zero-order valence-corrected chi connectivity index (χ0v) is 13.6. The Kier molecular flexibility index (Phi) is 5.22. The number of carbonyl (C=O) groups excluding carboxylic acids is 1. The molecule has 1 N–H and O–H groups in total. The van der Waals surface area contributed by atoms with E-state index in [1.165, 1.54) is 13.2 Å². The Morgan fingerprint density at radius 1 is 1.46 bits per heavy atom. The van der Waals surface area contributed by atoms with Crippen LogP contribution in [0, 0.1) is 5.82 Å². The molecule has 24 heavy (non-hydrogen) atoms. The molecular weight excluding hydrogens is 311 g/mol. The summed E-state index contributed by atoms with van der Waals surface area (Å²) in [7, 11) is 1.49. The Morgan fingerprint density at radius 2 is 2.29 bits per heavy atom. The minimum absolute atomic E-state index is 0.0441. The maximum Gasteiger partial charge on any atom is 0.246 e. The van der Waals surface area contributed by atoms with Crippen LogP contribution in [0.5, 0.6) is 0 Å². The summed E-state index contributed by atoms with van der Waals surface area (Å²) >= 11 is 0. The molecule has 1 aliphatic heterocycles. The summed E-state index contributed by atoms with van der Waals surface area (Å²) in [6.45, 7) is 2.48. The second kappa shape index (κ2) is 7.55. The van der Waals surface area contributed by atoms with Gasteiger partial charge in [0, 0.05) is 45.0 Å². The Labute approximate surface area is 140 Å². The van der Waals surface area contributed by atoms with Crippen LogP contribution in [0.2, 0.25) is 0 Å². The lowest BCUT2D eigenvalue weighted by Crippen LogP contribution is -2.42. The molecule has 0 saturated heterocycles. The predicted molar refractivity (Wildman–Crippen MR) is 86.7 cm³/mol. The molecule has 1 atom stereocenters. The second-order valence-electron chi connectivity index (χ2n) is 5.94. The van der Waals surface area contributed by atoms with Crippen molar-refractivity contribution in [3.8, 4) is 0 Å². The highest BCUT2D eigenvalue weighted by Crippen LogP contribution is 2.22. The van der Waals surface area contributed by atoms with Crippen LogP contribution in [0.25, 0.3) is 0 Å². The molecule has 2 heterocycles. The van der Waals surface area contributed by atoms with Gasteiger partial charge in [-0.05, 0) is 6.07 Å². The number of fused-ring (bicyclic) bond motifs is 1. The Bertz CT molecular complexity index is 703. The molecule has 0 aliphatic carbocycles. The fourth-order valence-corrected chi connectivity index (χ4v) is 3.03. The fraction of sp³-hybridized carbons (Fsp3) is 0.412. The number of ether oxygens (including phenoxy) is 1. The van der Waals surface area contributed by atoms with Gasteiger partial charge in [-0.15, -0.1) is 0 Å². The largest absolute Gasteiger partial charge is 0.375 e. The van der Waals surface area contributed by atoms with E-state index in [1.807, 2.05) is 12.3 Å². The molecule has 0 saturated carbocycles. The monoisotopic (exact) mass is 332 g/mol. The van der Waals surface area contributed by atoms with Crippen LogP contribution in [-0.4, -0.2) is 47.2 Å². The molecule has 1 aromatic carbocycles. The topological polar surface area (TPSA) is 59.4 Å². The molecule has 3 rings (SSSR count). The van der Waals surface area contributed by atoms with Gasteiger partial charge in [0.05, 0.1) is 18.1 Å². The van der Waals surface area contributed by atoms with Gasteiger partial charge in [0.25, 0.3) is 0 Å². The van der Waals surface area contributed by atoms with Gasteiger partial charge in [-0.25, -0.2) is 9.37 Å². The number of aromatic nitrogens is 2. The summed E-state index contributed by atoms with van der Waals surface area (Å²) in [5.41, 5.74) is 1.73. The number of amides is 1. The van der Waals surface area contributed by atoms with Gasteiger partial charge in [0.2, 0.25) is 5.91 Å². The number of benzene rings is 1. The van der Waals surface area contributed by atoms with Crippen molar-refractivity contribution < 1.29 is 13.9 Å². The third-order valence-electron chi connectivity index (χ3n) is 4.16. The van der Waals surface area contributed by atoms with Crippen LogP contribution < -0.4 is 5.32 Å². The first-order chi connectivity index (χ1) is 11.7. The molecule has 1 aliphatic rings. The normalized spacial score (nSPS) is 17.5. The first-order valence-electron chi connectivity index (χ1n) is 7.89. The number of imidazole rings is 1. The molecule has 0 bridgehead atoms. The molecule has 0 spiro atoms. The van der Waals surface area contributed by atoms with Crippen molar-refractivity contribution in [2.24, 2.45) is 0 Å². The van der Waals surface area contributed by atoms with Crippen molar-refractivity contribution in [1.82, 2.24) is 19.8 Å². The molecular formula is C17H21FN4O2. The summed E-state index contributed by atoms with van der Waals surface area (Å²) in [5.74, 6) is -0.341. The highest BCUT2D eigenvalue weighted by atomic mass is 19.1. The SMILES string of the molecule is COCC(=O)NC[C@@H]1CN(Cc2ccccc2F)Cc2cncn21. The molecule has 0 unspecified atom stereocenters.